The van der Waals surface area contributed by atoms with Gasteiger partial charge in [-0.3, -0.25) is 0 Å². The molecule has 32 heavy (non-hydrogen) atoms. The number of hydrogen-bond donors (Lipinski definition) is 0. The van der Waals surface area contributed by atoms with Gasteiger partial charge in [-0.1, -0.05) is 13.8 Å². The molecule has 2 heterocycles. The fourth-order valence-corrected chi connectivity index (χ4v) is 4.28. The molecule has 0 spiro atoms. The Hall–Kier alpha value is -3.54. The van der Waals surface area contributed by atoms with Gasteiger partial charge in [0.2, 0.25) is 0 Å². The Balaban J connectivity index is 1.74. The van der Waals surface area contributed by atoms with Gasteiger partial charge >= 0.3 is 0 Å². The lowest BCUT2D eigenvalue weighted by molar-refractivity contribution is 0.627. The number of aryl methyl sites for hydroxylation is 2. The van der Waals surface area contributed by atoms with Crippen LogP contribution in [0.25, 0.3) is 44.8 Å². The standard InChI is InChI=1S/C26H24F2N4/c1-3-13-31-23-16-24-22(15-21(23)29-25(31)17-5-9-19(27)10-6-17)30-26(32(24)14-4-2)18-7-11-20(28)12-8-18/h5-12,15-16H,3-4,13-14H2,1-2H3. The van der Waals surface area contributed by atoms with Crippen LogP contribution in [0.5, 0.6) is 0 Å². The molecule has 0 aliphatic rings. The predicted molar refractivity (Wildman–Crippen MR) is 124 cm³/mol. The van der Waals surface area contributed by atoms with Crippen LogP contribution in [0.4, 0.5) is 8.78 Å². The van der Waals surface area contributed by atoms with E-state index in [2.05, 4.69) is 29.0 Å². The van der Waals surface area contributed by atoms with Crippen LogP contribution in [-0.4, -0.2) is 19.1 Å². The molecule has 2 aromatic heterocycles. The molecule has 0 bridgehead atoms. The fraction of sp³-hybridized carbons (Fsp3) is 0.231. The number of rotatable bonds is 6. The van der Waals surface area contributed by atoms with E-state index in [1.807, 2.05) is 6.07 Å². The predicted octanol–water partition coefficient (Wildman–Crippen LogP) is 6.82. The van der Waals surface area contributed by atoms with Crippen molar-refractivity contribution in [2.45, 2.75) is 39.8 Å². The Morgan fingerprint density at radius 2 is 1.03 bits per heavy atom. The second-order valence-electron chi connectivity index (χ2n) is 8.02. The number of fused-ring (bicyclic) bond motifs is 2. The molecule has 4 nitrogen and oxygen atoms in total. The van der Waals surface area contributed by atoms with Gasteiger partial charge < -0.3 is 9.13 Å². The first kappa shape index (κ1) is 20.4. The lowest BCUT2D eigenvalue weighted by Gasteiger charge is -2.10. The molecule has 5 aromatic rings. The summed E-state index contributed by atoms with van der Waals surface area (Å²) in [6.45, 7) is 5.88. The fourth-order valence-electron chi connectivity index (χ4n) is 4.28. The van der Waals surface area contributed by atoms with Crippen LogP contribution in [0.15, 0.2) is 60.7 Å². The number of nitrogens with zero attached hydrogens (tertiary/aromatic N) is 4. The van der Waals surface area contributed by atoms with Crippen LogP contribution in [0, 0.1) is 11.6 Å². The zero-order valence-electron chi connectivity index (χ0n) is 18.1. The minimum atomic E-state index is -0.260. The van der Waals surface area contributed by atoms with Gasteiger partial charge in [0.05, 0.1) is 22.1 Å². The van der Waals surface area contributed by atoms with E-state index < -0.39 is 0 Å². The van der Waals surface area contributed by atoms with Crippen LogP contribution in [0.1, 0.15) is 26.7 Å². The SMILES string of the molecule is CCCn1c(-c2ccc(F)cc2)nc2cc3nc(-c4ccc(F)cc4)n(CCC)c3cc21. The Bertz CT molecular complexity index is 1290. The zero-order chi connectivity index (χ0) is 22.2. The van der Waals surface area contributed by atoms with Gasteiger partial charge in [0.15, 0.2) is 0 Å². The molecular weight excluding hydrogens is 406 g/mol. The van der Waals surface area contributed by atoms with Gasteiger partial charge in [0.1, 0.15) is 23.3 Å². The number of aromatic nitrogens is 4. The Kier molecular flexibility index (Phi) is 5.21. The van der Waals surface area contributed by atoms with Crippen molar-refractivity contribution in [2.24, 2.45) is 0 Å². The maximum absolute atomic E-state index is 13.5. The largest absolute Gasteiger partial charge is 0.324 e. The molecule has 0 radical (unpaired) electrons. The Morgan fingerprint density at radius 1 is 0.625 bits per heavy atom. The summed E-state index contributed by atoms with van der Waals surface area (Å²) in [4.78, 5) is 9.78. The first-order valence-electron chi connectivity index (χ1n) is 11.0. The Morgan fingerprint density at radius 3 is 1.41 bits per heavy atom. The molecule has 5 rings (SSSR count). The molecular formula is C26H24F2N4. The molecule has 0 N–H and O–H groups in total. The van der Waals surface area contributed by atoms with Crippen molar-refractivity contribution in [3.63, 3.8) is 0 Å². The van der Waals surface area contributed by atoms with Crippen LogP contribution >= 0.6 is 0 Å². The second kappa shape index (κ2) is 8.19. The lowest BCUT2D eigenvalue weighted by atomic mass is 10.2. The van der Waals surface area contributed by atoms with Gasteiger partial charge in [-0.05, 0) is 73.5 Å². The topological polar surface area (TPSA) is 35.6 Å². The molecule has 0 fully saturated rings. The van der Waals surface area contributed by atoms with Crippen molar-refractivity contribution in [1.82, 2.24) is 19.1 Å². The highest BCUT2D eigenvalue weighted by atomic mass is 19.1. The quantitative estimate of drug-likeness (QED) is 0.296. The van der Waals surface area contributed by atoms with Crippen LogP contribution < -0.4 is 0 Å². The van der Waals surface area contributed by atoms with Gasteiger partial charge in [0.25, 0.3) is 0 Å². The molecule has 0 amide bonds. The summed E-state index contributed by atoms with van der Waals surface area (Å²) in [6.07, 6.45) is 1.90. The number of hydrogen-bond acceptors (Lipinski definition) is 2. The third-order valence-corrected chi connectivity index (χ3v) is 5.72. The normalized spacial score (nSPS) is 11.6. The van der Waals surface area contributed by atoms with Gasteiger partial charge in [0, 0.05) is 24.2 Å². The molecule has 0 aliphatic carbocycles. The van der Waals surface area contributed by atoms with Crippen molar-refractivity contribution in [2.75, 3.05) is 0 Å². The highest BCUT2D eigenvalue weighted by Crippen LogP contribution is 2.32. The summed E-state index contributed by atoms with van der Waals surface area (Å²) >= 11 is 0. The number of halogens is 2. The third-order valence-electron chi connectivity index (χ3n) is 5.72. The molecule has 3 aromatic carbocycles. The Labute approximate surface area is 185 Å². The van der Waals surface area contributed by atoms with Crippen molar-refractivity contribution in [1.29, 1.82) is 0 Å². The van der Waals surface area contributed by atoms with Gasteiger partial charge in [-0.2, -0.15) is 0 Å². The van der Waals surface area contributed by atoms with Crippen LogP contribution in [0.3, 0.4) is 0 Å². The maximum Gasteiger partial charge on any atom is 0.141 e. The lowest BCUT2D eigenvalue weighted by Crippen LogP contribution is -2.01. The monoisotopic (exact) mass is 430 g/mol. The third kappa shape index (κ3) is 3.45. The van der Waals surface area contributed by atoms with E-state index in [0.717, 1.165) is 70.8 Å². The summed E-state index contributed by atoms with van der Waals surface area (Å²) in [7, 11) is 0. The summed E-state index contributed by atoms with van der Waals surface area (Å²) in [5, 5.41) is 0. The number of benzene rings is 3. The highest BCUT2D eigenvalue weighted by Gasteiger charge is 2.18. The molecule has 0 saturated heterocycles. The highest BCUT2D eigenvalue weighted by molar-refractivity contribution is 5.95. The van der Waals surface area contributed by atoms with Crippen molar-refractivity contribution in [3.8, 4) is 22.8 Å². The van der Waals surface area contributed by atoms with E-state index in [-0.39, 0.29) is 11.6 Å². The summed E-state index contributed by atoms with van der Waals surface area (Å²) in [5.74, 6) is 1.14. The van der Waals surface area contributed by atoms with E-state index in [1.165, 1.54) is 24.3 Å². The molecule has 0 atom stereocenters. The van der Waals surface area contributed by atoms with Crippen LogP contribution in [0.2, 0.25) is 0 Å². The first-order chi connectivity index (χ1) is 15.6. The minimum absolute atomic E-state index is 0.260. The molecule has 162 valence electrons. The van der Waals surface area contributed by atoms with Crippen molar-refractivity contribution < 1.29 is 8.78 Å². The minimum Gasteiger partial charge on any atom is -0.324 e. The average Bonchev–Trinajstić information content (AvgIpc) is 3.32. The first-order valence-corrected chi connectivity index (χ1v) is 11.0. The van der Waals surface area contributed by atoms with E-state index >= 15 is 0 Å². The summed E-state index contributed by atoms with van der Waals surface area (Å²) < 4.78 is 31.3. The van der Waals surface area contributed by atoms with E-state index in [9.17, 15) is 8.78 Å². The smallest absolute Gasteiger partial charge is 0.141 e. The summed E-state index contributed by atoms with van der Waals surface area (Å²) in [5.41, 5.74) is 5.55. The van der Waals surface area contributed by atoms with E-state index in [0.29, 0.717) is 0 Å². The van der Waals surface area contributed by atoms with E-state index in [4.69, 9.17) is 9.97 Å². The zero-order valence-corrected chi connectivity index (χ0v) is 18.1. The van der Waals surface area contributed by atoms with Gasteiger partial charge in [-0.15, -0.1) is 0 Å². The average molecular weight is 431 g/mol. The maximum atomic E-state index is 13.5. The van der Waals surface area contributed by atoms with Crippen molar-refractivity contribution in [3.05, 3.63) is 72.3 Å². The van der Waals surface area contributed by atoms with Crippen molar-refractivity contribution >= 4 is 22.1 Å². The molecule has 0 saturated carbocycles. The molecule has 0 aliphatic heterocycles. The van der Waals surface area contributed by atoms with Crippen LogP contribution in [-0.2, 0) is 13.1 Å². The molecule has 6 heteroatoms. The summed E-state index contributed by atoms with van der Waals surface area (Å²) in [6, 6.07) is 17.1. The second-order valence-corrected chi connectivity index (χ2v) is 8.02. The van der Waals surface area contributed by atoms with E-state index in [1.54, 1.807) is 24.3 Å². The number of imidazole rings is 2. The molecule has 0 unspecified atom stereocenters. The van der Waals surface area contributed by atoms with Gasteiger partial charge in [-0.25, -0.2) is 18.7 Å².